The van der Waals surface area contributed by atoms with Gasteiger partial charge in [0.05, 0.1) is 0 Å². The van der Waals surface area contributed by atoms with Gasteiger partial charge in [-0.05, 0) is 53.0 Å². The van der Waals surface area contributed by atoms with Gasteiger partial charge in [-0.3, -0.25) is 9.59 Å². The summed E-state index contributed by atoms with van der Waals surface area (Å²) in [7, 11) is 0. The van der Waals surface area contributed by atoms with Crippen molar-refractivity contribution in [3.8, 4) is 0 Å². The van der Waals surface area contributed by atoms with Gasteiger partial charge in [0.15, 0.2) is 0 Å². The van der Waals surface area contributed by atoms with Gasteiger partial charge in [0.2, 0.25) is 11.8 Å². The SMILES string of the molecule is CCCCCNC(=O)C(c1ccc(C)cc1)N(CCCC)C(=O)C(C)NC(=O)OC(C)(C)C. The zero-order valence-corrected chi connectivity index (χ0v) is 21.5. The van der Waals surface area contributed by atoms with E-state index in [4.69, 9.17) is 4.74 Å². The molecule has 7 heteroatoms. The number of nitrogens with zero attached hydrogens (tertiary/aromatic N) is 1. The largest absolute Gasteiger partial charge is 0.444 e. The minimum Gasteiger partial charge on any atom is -0.444 e. The highest BCUT2D eigenvalue weighted by Gasteiger charge is 2.34. The first kappa shape index (κ1) is 28.5. The third kappa shape index (κ3) is 10.3. The van der Waals surface area contributed by atoms with Gasteiger partial charge in [-0.15, -0.1) is 0 Å². The Morgan fingerprint density at radius 1 is 1.00 bits per heavy atom. The van der Waals surface area contributed by atoms with Crippen molar-refractivity contribution < 1.29 is 19.1 Å². The summed E-state index contributed by atoms with van der Waals surface area (Å²) in [4.78, 5) is 40.6. The fraction of sp³-hybridized carbons (Fsp3) is 0.654. The average Bonchev–Trinajstić information content (AvgIpc) is 2.73. The molecule has 1 rings (SSSR count). The predicted octanol–water partition coefficient (Wildman–Crippen LogP) is 4.88. The van der Waals surface area contributed by atoms with Crippen molar-refractivity contribution in [3.05, 3.63) is 35.4 Å². The Morgan fingerprint density at radius 3 is 2.15 bits per heavy atom. The molecule has 2 atom stereocenters. The lowest BCUT2D eigenvalue weighted by Gasteiger charge is -2.33. The molecule has 0 aromatic heterocycles. The lowest BCUT2D eigenvalue weighted by molar-refractivity contribution is -0.142. The van der Waals surface area contributed by atoms with Gasteiger partial charge in [-0.1, -0.05) is 62.9 Å². The highest BCUT2D eigenvalue weighted by atomic mass is 16.6. The van der Waals surface area contributed by atoms with Crippen LogP contribution in [-0.2, 0) is 14.3 Å². The van der Waals surface area contributed by atoms with Gasteiger partial charge in [0, 0.05) is 13.1 Å². The number of hydrogen-bond donors (Lipinski definition) is 2. The van der Waals surface area contributed by atoms with E-state index in [1.807, 2.05) is 38.1 Å². The number of alkyl carbamates (subject to hydrolysis) is 1. The van der Waals surface area contributed by atoms with Gasteiger partial charge < -0.3 is 20.3 Å². The van der Waals surface area contributed by atoms with Crippen LogP contribution < -0.4 is 10.6 Å². The molecule has 0 radical (unpaired) electrons. The van der Waals surface area contributed by atoms with Crippen molar-refractivity contribution >= 4 is 17.9 Å². The number of unbranched alkanes of at least 4 members (excludes halogenated alkanes) is 3. The predicted molar refractivity (Wildman–Crippen MR) is 132 cm³/mol. The molecule has 33 heavy (non-hydrogen) atoms. The topological polar surface area (TPSA) is 87.7 Å². The van der Waals surface area contributed by atoms with E-state index in [9.17, 15) is 14.4 Å². The zero-order valence-electron chi connectivity index (χ0n) is 21.5. The maximum absolute atomic E-state index is 13.5. The van der Waals surface area contributed by atoms with E-state index < -0.39 is 23.8 Å². The van der Waals surface area contributed by atoms with Crippen molar-refractivity contribution in [1.82, 2.24) is 15.5 Å². The van der Waals surface area contributed by atoms with Crippen molar-refractivity contribution in [2.24, 2.45) is 0 Å². The smallest absolute Gasteiger partial charge is 0.408 e. The summed E-state index contributed by atoms with van der Waals surface area (Å²) in [6.45, 7) is 14.0. The highest BCUT2D eigenvalue weighted by Crippen LogP contribution is 2.24. The summed E-state index contributed by atoms with van der Waals surface area (Å²) in [6.07, 6.45) is 3.95. The lowest BCUT2D eigenvalue weighted by atomic mass is 10.0. The molecular formula is C26H43N3O4. The second kappa shape index (κ2) is 13.9. The van der Waals surface area contributed by atoms with Crippen LogP contribution in [0, 0.1) is 6.92 Å². The van der Waals surface area contributed by atoms with Gasteiger partial charge in [0.1, 0.15) is 17.7 Å². The minimum atomic E-state index is -0.836. The normalized spacial score (nSPS) is 13.1. The fourth-order valence-electron chi connectivity index (χ4n) is 3.39. The van der Waals surface area contributed by atoms with Crippen molar-refractivity contribution in [2.75, 3.05) is 13.1 Å². The maximum atomic E-state index is 13.5. The molecular weight excluding hydrogens is 418 g/mol. The van der Waals surface area contributed by atoms with E-state index in [0.717, 1.165) is 43.2 Å². The molecule has 0 aliphatic carbocycles. The van der Waals surface area contributed by atoms with E-state index in [2.05, 4.69) is 17.6 Å². The first-order valence-electron chi connectivity index (χ1n) is 12.1. The fourth-order valence-corrected chi connectivity index (χ4v) is 3.39. The van der Waals surface area contributed by atoms with Crippen molar-refractivity contribution in [2.45, 2.75) is 98.3 Å². The Morgan fingerprint density at radius 2 is 1.61 bits per heavy atom. The van der Waals surface area contributed by atoms with E-state index >= 15 is 0 Å². The first-order chi connectivity index (χ1) is 15.5. The molecule has 0 heterocycles. The number of amides is 3. The molecule has 0 fully saturated rings. The second-order valence-electron chi connectivity index (χ2n) is 9.56. The first-order valence-corrected chi connectivity index (χ1v) is 12.1. The van der Waals surface area contributed by atoms with Gasteiger partial charge >= 0.3 is 6.09 Å². The summed E-state index contributed by atoms with van der Waals surface area (Å²) in [5.74, 6) is -0.521. The lowest BCUT2D eigenvalue weighted by Crippen LogP contribution is -2.52. The number of carbonyl (C=O) groups is 3. The van der Waals surface area contributed by atoms with E-state index in [1.54, 1.807) is 32.6 Å². The molecule has 1 aromatic carbocycles. The van der Waals surface area contributed by atoms with Crippen LogP contribution in [0.5, 0.6) is 0 Å². The number of aryl methyl sites for hydroxylation is 1. The summed E-state index contributed by atoms with van der Waals surface area (Å²) >= 11 is 0. The van der Waals surface area contributed by atoms with Crippen LogP contribution in [0.25, 0.3) is 0 Å². The van der Waals surface area contributed by atoms with Gasteiger partial charge in [0.25, 0.3) is 0 Å². The third-order valence-corrected chi connectivity index (χ3v) is 5.17. The summed E-state index contributed by atoms with van der Waals surface area (Å²) in [5.41, 5.74) is 1.16. The highest BCUT2D eigenvalue weighted by molar-refractivity contribution is 5.92. The number of carbonyl (C=O) groups excluding carboxylic acids is 3. The molecule has 0 aliphatic heterocycles. The van der Waals surface area contributed by atoms with Crippen molar-refractivity contribution in [3.63, 3.8) is 0 Å². The quantitative estimate of drug-likeness (QED) is 0.434. The molecule has 2 N–H and O–H groups in total. The molecule has 0 aliphatic rings. The van der Waals surface area contributed by atoms with E-state index in [-0.39, 0.29) is 11.8 Å². The number of ether oxygens (including phenoxy) is 1. The Bertz CT molecular complexity index is 756. The number of benzene rings is 1. The summed E-state index contributed by atoms with van der Waals surface area (Å²) < 4.78 is 5.30. The Balaban J connectivity index is 3.18. The van der Waals surface area contributed by atoms with Gasteiger partial charge in [-0.25, -0.2) is 4.79 Å². The average molecular weight is 462 g/mol. The number of nitrogens with one attached hydrogen (secondary N) is 2. The standard InChI is InChI=1S/C26H43N3O4/c1-8-10-12-17-27-23(30)22(21-15-13-19(3)14-16-21)29(18-11-9-2)24(31)20(4)28-25(32)33-26(5,6)7/h13-16,20,22H,8-12,17-18H2,1-7H3,(H,27,30)(H,28,32). The van der Waals surface area contributed by atoms with Crippen LogP contribution in [0.1, 0.15) is 90.8 Å². The molecule has 0 bridgehead atoms. The molecule has 0 saturated heterocycles. The Labute approximate surface area is 199 Å². The van der Waals surface area contributed by atoms with E-state index in [1.165, 1.54) is 0 Å². The van der Waals surface area contributed by atoms with Crippen LogP contribution >= 0.6 is 0 Å². The zero-order chi connectivity index (χ0) is 25.0. The molecule has 2 unspecified atom stereocenters. The minimum absolute atomic E-state index is 0.205. The molecule has 0 spiro atoms. The molecule has 3 amide bonds. The number of hydrogen-bond acceptors (Lipinski definition) is 4. The monoisotopic (exact) mass is 461 g/mol. The molecule has 7 nitrogen and oxygen atoms in total. The molecule has 1 aromatic rings. The van der Waals surface area contributed by atoms with Crippen LogP contribution in [0.3, 0.4) is 0 Å². The maximum Gasteiger partial charge on any atom is 0.408 e. The summed E-state index contributed by atoms with van der Waals surface area (Å²) in [5, 5.41) is 5.63. The van der Waals surface area contributed by atoms with Crippen molar-refractivity contribution in [1.29, 1.82) is 0 Å². The molecule has 0 saturated carbocycles. The van der Waals surface area contributed by atoms with Crippen LogP contribution in [0.4, 0.5) is 4.79 Å². The van der Waals surface area contributed by atoms with Crippen LogP contribution in [0.2, 0.25) is 0 Å². The number of rotatable bonds is 12. The van der Waals surface area contributed by atoms with Gasteiger partial charge in [-0.2, -0.15) is 0 Å². The Hall–Kier alpha value is -2.57. The molecule has 186 valence electrons. The van der Waals surface area contributed by atoms with Crippen LogP contribution in [-0.4, -0.2) is 47.5 Å². The Kier molecular flexibility index (Phi) is 12.0. The summed E-state index contributed by atoms with van der Waals surface area (Å²) in [6, 6.07) is 6.06. The third-order valence-electron chi connectivity index (χ3n) is 5.17. The van der Waals surface area contributed by atoms with Crippen LogP contribution in [0.15, 0.2) is 24.3 Å². The van der Waals surface area contributed by atoms with E-state index in [0.29, 0.717) is 13.1 Å². The second-order valence-corrected chi connectivity index (χ2v) is 9.56.